The predicted molar refractivity (Wildman–Crippen MR) is 81.5 cm³/mol. The van der Waals surface area contributed by atoms with Crippen LogP contribution in [0.2, 0.25) is 0 Å². The normalized spacial score (nSPS) is 18.3. The molecule has 0 aliphatic heterocycles. The molecule has 0 aromatic heterocycles. The van der Waals surface area contributed by atoms with Crippen LogP contribution in [0.25, 0.3) is 0 Å². The predicted octanol–water partition coefficient (Wildman–Crippen LogP) is 3.60. The maximum Gasteiger partial charge on any atom is 0.228 e. The topological polar surface area (TPSA) is 58.2 Å². The summed E-state index contributed by atoms with van der Waals surface area (Å²) in [6.07, 6.45) is 0.0685. The van der Waals surface area contributed by atoms with Crippen molar-refractivity contribution in [3.05, 3.63) is 59.4 Å². The van der Waals surface area contributed by atoms with Gasteiger partial charge in [-0.2, -0.15) is 0 Å². The number of hydrogen-bond acceptors (Lipinski definition) is 2. The van der Waals surface area contributed by atoms with E-state index in [0.29, 0.717) is 6.07 Å². The molecule has 4 nitrogen and oxygen atoms in total. The third kappa shape index (κ3) is 3.37. The fraction of sp³-hybridized carbons (Fsp3) is 0.176. The van der Waals surface area contributed by atoms with Crippen molar-refractivity contribution in [3.8, 4) is 0 Å². The van der Waals surface area contributed by atoms with Crippen molar-refractivity contribution in [2.45, 2.75) is 6.42 Å². The summed E-state index contributed by atoms with van der Waals surface area (Å²) in [6.45, 7) is 0. The summed E-state index contributed by atoms with van der Waals surface area (Å²) in [5.74, 6) is -9.95. The molecule has 2 aromatic carbocycles. The van der Waals surface area contributed by atoms with Crippen LogP contribution in [0.4, 0.5) is 33.3 Å². The Balaban J connectivity index is 1.64. The Morgan fingerprint density at radius 1 is 0.769 bits per heavy atom. The van der Waals surface area contributed by atoms with Crippen molar-refractivity contribution in [2.75, 3.05) is 10.6 Å². The van der Waals surface area contributed by atoms with Gasteiger partial charge >= 0.3 is 0 Å². The largest absolute Gasteiger partial charge is 0.323 e. The monoisotopic (exact) mass is 370 g/mol. The standard InChI is InChI=1S/C17H11F5N2O2/c18-9-4-5-12(14(22)13(9)21)23-16(25)7-6-8(7)17(26)24-15-10(19)2-1-3-11(15)20/h1-5,7-8H,6H2,(H,23,25)(H,24,26). The molecule has 0 spiro atoms. The molecular formula is C17H11F5N2O2. The maximum absolute atomic E-state index is 13.5. The molecule has 0 radical (unpaired) electrons. The number of halogens is 5. The first-order valence-corrected chi connectivity index (χ1v) is 7.49. The summed E-state index contributed by atoms with van der Waals surface area (Å²) >= 11 is 0. The number of benzene rings is 2. The fourth-order valence-electron chi connectivity index (χ4n) is 2.46. The van der Waals surface area contributed by atoms with Crippen molar-refractivity contribution in [2.24, 2.45) is 11.8 Å². The van der Waals surface area contributed by atoms with Crippen LogP contribution in [0.1, 0.15) is 6.42 Å². The lowest BCUT2D eigenvalue weighted by molar-refractivity contribution is -0.122. The number of anilines is 2. The lowest BCUT2D eigenvalue weighted by Gasteiger charge is -2.08. The molecule has 0 heterocycles. The van der Waals surface area contributed by atoms with Gasteiger partial charge in [-0.25, -0.2) is 22.0 Å². The SMILES string of the molecule is O=C(Nc1ccc(F)c(F)c1F)C1CC1C(=O)Nc1c(F)cccc1F. The van der Waals surface area contributed by atoms with E-state index in [1.54, 1.807) is 0 Å². The smallest absolute Gasteiger partial charge is 0.228 e. The molecule has 2 atom stereocenters. The van der Waals surface area contributed by atoms with E-state index in [1.165, 1.54) is 0 Å². The molecule has 2 unspecified atom stereocenters. The lowest BCUT2D eigenvalue weighted by atomic mass is 10.2. The van der Waals surface area contributed by atoms with Crippen LogP contribution >= 0.6 is 0 Å². The highest BCUT2D eigenvalue weighted by molar-refractivity contribution is 6.03. The molecule has 1 aliphatic carbocycles. The molecule has 1 fully saturated rings. The lowest BCUT2D eigenvalue weighted by Crippen LogP contribution is -2.22. The molecule has 2 amide bonds. The van der Waals surface area contributed by atoms with E-state index in [1.807, 2.05) is 0 Å². The fourth-order valence-corrected chi connectivity index (χ4v) is 2.46. The van der Waals surface area contributed by atoms with E-state index in [2.05, 4.69) is 10.6 Å². The number of carbonyl (C=O) groups is 2. The zero-order chi connectivity index (χ0) is 19.0. The number of para-hydroxylation sites is 1. The van der Waals surface area contributed by atoms with Crippen LogP contribution in [0.15, 0.2) is 30.3 Å². The Morgan fingerprint density at radius 2 is 1.35 bits per heavy atom. The van der Waals surface area contributed by atoms with Crippen LogP contribution in [0.3, 0.4) is 0 Å². The van der Waals surface area contributed by atoms with Gasteiger partial charge < -0.3 is 10.6 Å². The highest BCUT2D eigenvalue weighted by atomic mass is 19.2. The molecule has 2 N–H and O–H groups in total. The van der Waals surface area contributed by atoms with Crippen molar-refractivity contribution in [1.82, 2.24) is 0 Å². The van der Waals surface area contributed by atoms with Gasteiger partial charge in [-0.05, 0) is 30.7 Å². The second kappa shape index (κ2) is 6.74. The van der Waals surface area contributed by atoms with Crippen LogP contribution in [-0.4, -0.2) is 11.8 Å². The van der Waals surface area contributed by atoms with Gasteiger partial charge in [0.25, 0.3) is 0 Å². The Labute approximate surface area is 144 Å². The highest BCUT2D eigenvalue weighted by Crippen LogP contribution is 2.40. The summed E-state index contributed by atoms with van der Waals surface area (Å²) in [7, 11) is 0. The van der Waals surface area contributed by atoms with E-state index in [0.717, 1.165) is 24.3 Å². The highest BCUT2D eigenvalue weighted by Gasteiger charge is 2.48. The minimum Gasteiger partial charge on any atom is -0.323 e. The van der Waals surface area contributed by atoms with Crippen molar-refractivity contribution >= 4 is 23.2 Å². The first-order valence-electron chi connectivity index (χ1n) is 7.49. The third-order valence-corrected chi connectivity index (χ3v) is 3.97. The molecule has 0 saturated heterocycles. The van der Waals surface area contributed by atoms with Gasteiger partial charge in [-0.15, -0.1) is 0 Å². The quantitative estimate of drug-likeness (QED) is 0.638. The first-order chi connectivity index (χ1) is 12.3. The van der Waals surface area contributed by atoms with Gasteiger partial charge in [0.1, 0.15) is 17.3 Å². The van der Waals surface area contributed by atoms with E-state index in [4.69, 9.17) is 0 Å². The summed E-state index contributed by atoms with van der Waals surface area (Å²) in [4.78, 5) is 24.0. The van der Waals surface area contributed by atoms with Gasteiger partial charge in [0.15, 0.2) is 17.5 Å². The van der Waals surface area contributed by atoms with Gasteiger partial charge in [0.2, 0.25) is 11.8 Å². The number of amides is 2. The van der Waals surface area contributed by atoms with Gasteiger partial charge in [-0.3, -0.25) is 9.59 Å². The first kappa shape index (κ1) is 17.8. The van der Waals surface area contributed by atoms with E-state index >= 15 is 0 Å². The molecule has 1 saturated carbocycles. The zero-order valence-electron chi connectivity index (χ0n) is 13.0. The Morgan fingerprint density at radius 3 is 1.96 bits per heavy atom. The zero-order valence-corrected chi connectivity index (χ0v) is 13.0. The Kier molecular flexibility index (Phi) is 4.62. The summed E-state index contributed by atoms with van der Waals surface area (Å²) in [6, 6.07) is 4.54. The second-order valence-corrected chi connectivity index (χ2v) is 5.75. The average Bonchev–Trinajstić information content (AvgIpc) is 3.39. The van der Waals surface area contributed by atoms with E-state index in [9.17, 15) is 31.5 Å². The van der Waals surface area contributed by atoms with Crippen molar-refractivity contribution in [1.29, 1.82) is 0 Å². The van der Waals surface area contributed by atoms with Gasteiger partial charge in [0.05, 0.1) is 17.5 Å². The Bertz CT molecular complexity index is 883. The number of nitrogens with one attached hydrogen (secondary N) is 2. The van der Waals surface area contributed by atoms with Crippen LogP contribution in [0, 0.1) is 40.9 Å². The van der Waals surface area contributed by atoms with E-state index < -0.39 is 64.1 Å². The van der Waals surface area contributed by atoms with Gasteiger partial charge in [-0.1, -0.05) is 6.07 Å². The summed E-state index contributed by atoms with van der Waals surface area (Å²) in [5.41, 5.74) is -1.20. The third-order valence-electron chi connectivity index (χ3n) is 3.97. The van der Waals surface area contributed by atoms with Crippen LogP contribution in [0.5, 0.6) is 0 Å². The van der Waals surface area contributed by atoms with E-state index in [-0.39, 0.29) is 6.42 Å². The van der Waals surface area contributed by atoms with Gasteiger partial charge in [0, 0.05) is 0 Å². The molecule has 3 rings (SSSR count). The molecule has 0 bridgehead atoms. The molecule has 9 heteroatoms. The van der Waals surface area contributed by atoms with Crippen LogP contribution in [-0.2, 0) is 9.59 Å². The number of hydrogen-bond donors (Lipinski definition) is 2. The molecular weight excluding hydrogens is 359 g/mol. The van der Waals surface area contributed by atoms with Crippen molar-refractivity contribution in [3.63, 3.8) is 0 Å². The molecule has 26 heavy (non-hydrogen) atoms. The molecule has 2 aromatic rings. The van der Waals surface area contributed by atoms with Crippen LogP contribution < -0.4 is 10.6 Å². The second-order valence-electron chi connectivity index (χ2n) is 5.75. The number of rotatable bonds is 4. The minimum absolute atomic E-state index is 0.0685. The summed E-state index contributed by atoms with van der Waals surface area (Å²) in [5, 5.41) is 4.13. The summed E-state index contributed by atoms with van der Waals surface area (Å²) < 4.78 is 66.6. The minimum atomic E-state index is -1.73. The molecule has 1 aliphatic rings. The molecule has 136 valence electrons. The number of carbonyl (C=O) groups excluding carboxylic acids is 2. The maximum atomic E-state index is 13.5. The Hall–Kier alpha value is -2.97. The van der Waals surface area contributed by atoms with Crippen molar-refractivity contribution < 1.29 is 31.5 Å². The average molecular weight is 370 g/mol.